The third-order valence-electron chi connectivity index (χ3n) is 4.55. The summed E-state index contributed by atoms with van der Waals surface area (Å²) in [4.78, 5) is 2.05. The molecule has 0 spiro atoms. The zero-order valence-electron chi connectivity index (χ0n) is 14.5. The van der Waals surface area contributed by atoms with Gasteiger partial charge in [-0.05, 0) is 44.2 Å². The lowest BCUT2D eigenvalue weighted by Crippen LogP contribution is -2.47. The number of benzene rings is 1. The first-order chi connectivity index (χ1) is 12.2. The third-order valence-corrected chi connectivity index (χ3v) is 4.55. The summed E-state index contributed by atoms with van der Waals surface area (Å²) in [7, 11) is 1.94. The SMILES string of the molecule is Cc1cc(-c2ccc(C(F)(F)F)cc2)nnc1N[C@H]1CN(C)CC[C@H]1F. The molecule has 2 aromatic rings. The van der Waals surface area contributed by atoms with Gasteiger partial charge in [-0.15, -0.1) is 10.2 Å². The fourth-order valence-electron chi connectivity index (χ4n) is 3.00. The maximum absolute atomic E-state index is 14.1. The smallest absolute Gasteiger partial charge is 0.361 e. The second kappa shape index (κ2) is 7.19. The molecule has 1 aliphatic rings. The van der Waals surface area contributed by atoms with Gasteiger partial charge < -0.3 is 10.2 Å². The monoisotopic (exact) mass is 368 g/mol. The Kier molecular flexibility index (Phi) is 5.13. The van der Waals surface area contributed by atoms with Crippen LogP contribution >= 0.6 is 0 Å². The predicted octanol–water partition coefficient (Wildman–Crippen LogP) is 3.92. The van der Waals surface area contributed by atoms with Crippen LogP contribution in [0, 0.1) is 6.92 Å². The number of hydrogen-bond acceptors (Lipinski definition) is 4. The van der Waals surface area contributed by atoms with Gasteiger partial charge in [-0.2, -0.15) is 13.2 Å². The second-order valence-electron chi connectivity index (χ2n) is 6.65. The van der Waals surface area contributed by atoms with Crippen LogP contribution in [0.3, 0.4) is 0 Å². The molecule has 2 atom stereocenters. The fraction of sp³-hybridized carbons (Fsp3) is 0.444. The summed E-state index contributed by atoms with van der Waals surface area (Å²) in [6.45, 7) is 3.10. The van der Waals surface area contributed by atoms with Gasteiger partial charge >= 0.3 is 6.18 Å². The number of aryl methyl sites for hydroxylation is 1. The molecule has 0 amide bonds. The standard InChI is InChI=1S/C18H20F4N4/c1-11-9-15(12-3-5-13(6-4-12)18(20,21)22)24-25-17(11)23-16-10-26(2)8-7-14(16)19/h3-6,9,14,16H,7-8,10H2,1-2H3,(H,23,25)/t14-,16+/m1/s1. The van der Waals surface area contributed by atoms with E-state index in [1.807, 2.05) is 18.9 Å². The van der Waals surface area contributed by atoms with E-state index in [-0.39, 0.29) is 6.04 Å². The van der Waals surface area contributed by atoms with Gasteiger partial charge in [0, 0.05) is 18.7 Å². The first kappa shape index (κ1) is 18.6. The van der Waals surface area contributed by atoms with Crippen LogP contribution in [0.25, 0.3) is 11.3 Å². The maximum Gasteiger partial charge on any atom is 0.416 e. The van der Waals surface area contributed by atoms with Gasteiger partial charge in [-0.25, -0.2) is 4.39 Å². The van der Waals surface area contributed by atoms with E-state index in [9.17, 15) is 17.6 Å². The quantitative estimate of drug-likeness (QED) is 0.834. The molecule has 0 radical (unpaired) electrons. The Morgan fingerprint density at radius 3 is 2.46 bits per heavy atom. The number of aromatic nitrogens is 2. The number of piperidine rings is 1. The first-order valence-corrected chi connectivity index (χ1v) is 8.35. The summed E-state index contributed by atoms with van der Waals surface area (Å²) in [5.41, 5.74) is 1.07. The summed E-state index contributed by atoms with van der Waals surface area (Å²) in [6.07, 6.45) is -4.86. The van der Waals surface area contributed by atoms with Crippen LogP contribution in [0.15, 0.2) is 30.3 Å². The molecule has 1 aromatic carbocycles. The highest BCUT2D eigenvalue weighted by Gasteiger charge is 2.30. The molecule has 1 fully saturated rings. The van der Waals surface area contributed by atoms with E-state index >= 15 is 0 Å². The van der Waals surface area contributed by atoms with Gasteiger partial charge in [0.05, 0.1) is 17.3 Å². The molecule has 3 rings (SSSR count). The van der Waals surface area contributed by atoms with Gasteiger partial charge in [0.2, 0.25) is 0 Å². The maximum atomic E-state index is 14.1. The Morgan fingerprint density at radius 1 is 1.15 bits per heavy atom. The largest absolute Gasteiger partial charge is 0.416 e. The number of nitrogens with zero attached hydrogens (tertiary/aromatic N) is 3. The predicted molar refractivity (Wildman–Crippen MR) is 91.6 cm³/mol. The minimum atomic E-state index is -4.37. The van der Waals surface area contributed by atoms with Crippen LogP contribution in [0.1, 0.15) is 17.5 Å². The molecule has 4 nitrogen and oxygen atoms in total. The average molecular weight is 368 g/mol. The van der Waals surface area contributed by atoms with Crippen molar-refractivity contribution in [3.05, 3.63) is 41.5 Å². The van der Waals surface area contributed by atoms with E-state index in [2.05, 4.69) is 15.5 Å². The minimum absolute atomic E-state index is 0.362. The molecule has 0 bridgehead atoms. The molecule has 1 aliphatic heterocycles. The van der Waals surface area contributed by atoms with Gasteiger partial charge in [0.25, 0.3) is 0 Å². The minimum Gasteiger partial charge on any atom is -0.361 e. The molecule has 140 valence electrons. The molecule has 0 aliphatic carbocycles. The molecular weight excluding hydrogens is 348 g/mol. The van der Waals surface area contributed by atoms with E-state index in [0.29, 0.717) is 30.0 Å². The molecule has 2 heterocycles. The van der Waals surface area contributed by atoms with E-state index < -0.39 is 17.9 Å². The van der Waals surface area contributed by atoms with Gasteiger partial charge in [0.1, 0.15) is 6.17 Å². The van der Waals surface area contributed by atoms with Crippen molar-refractivity contribution in [3.8, 4) is 11.3 Å². The van der Waals surface area contributed by atoms with Crippen molar-refractivity contribution in [3.63, 3.8) is 0 Å². The van der Waals surface area contributed by atoms with Crippen LogP contribution in [-0.2, 0) is 6.18 Å². The highest BCUT2D eigenvalue weighted by Crippen LogP contribution is 2.31. The number of halogens is 4. The van der Waals surface area contributed by atoms with E-state index in [1.165, 1.54) is 12.1 Å². The van der Waals surface area contributed by atoms with Crippen molar-refractivity contribution in [1.82, 2.24) is 15.1 Å². The Labute approximate surface area is 149 Å². The fourth-order valence-corrected chi connectivity index (χ4v) is 3.00. The third kappa shape index (κ3) is 4.12. The van der Waals surface area contributed by atoms with Crippen molar-refractivity contribution in [2.45, 2.75) is 31.7 Å². The number of rotatable bonds is 3. The summed E-state index contributed by atoms with van der Waals surface area (Å²) < 4.78 is 52.0. The normalized spacial score (nSPS) is 21.6. The zero-order chi connectivity index (χ0) is 18.9. The van der Waals surface area contributed by atoms with E-state index in [4.69, 9.17) is 0 Å². The zero-order valence-corrected chi connectivity index (χ0v) is 14.5. The van der Waals surface area contributed by atoms with Gasteiger partial charge in [0.15, 0.2) is 5.82 Å². The summed E-state index contributed by atoms with van der Waals surface area (Å²) in [6, 6.07) is 6.14. The van der Waals surface area contributed by atoms with E-state index in [0.717, 1.165) is 24.2 Å². The first-order valence-electron chi connectivity index (χ1n) is 8.35. The Hall–Kier alpha value is -2.22. The molecule has 1 aromatic heterocycles. The average Bonchev–Trinajstić information content (AvgIpc) is 2.59. The topological polar surface area (TPSA) is 41.1 Å². The van der Waals surface area contributed by atoms with Crippen molar-refractivity contribution < 1.29 is 17.6 Å². The lowest BCUT2D eigenvalue weighted by atomic mass is 10.0. The van der Waals surface area contributed by atoms with Crippen molar-refractivity contribution in [1.29, 1.82) is 0 Å². The lowest BCUT2D eigenvalue weighted by Gasteiger charge is -2.33. The number of alkyl halides is 4. The summed E-state index contributed by atoms with van der Waals surface area (Å²) in [5, 5.41) is 11.3. The van der Waals surface area contributed by atoms with E-state index in [1.54, 1.807) is 6.07 Å². The van der Waals surface area contributed by atoms with Crippen LogP contribution in [0.2, 0.25) is 0 Å². The molecule has 1 N–H and O–H groups in total. The number of likely N-dealkylation sites (N-methyl/N-ethyl adjacent to an activating group) is 1. The molecule has 8 heteroatoms. The molecule has 26 heavy (non-hydrogen) atoms. The Bertz CT molecular complexity index is 761. The molecule has 0 unspecified atom stereocenters. The summed E-state index contributed by atoms with van der Waals surface area (Å²) >= 11 is 0. The van der Waals surface area contributed by atoms with Crippen LogP contribution < -0.4 is 5.32 Å². The van der Waals surface area contributed by atoms with Crippen LogP contribution in [0.4, 0.5) is 23.4 Å². The second-order valence-corrected chi connectivity index (χ2v) is 6.65. The highest BCUT2D eigenvalue weighted by molar-refractivity contribution is 5.62. The van der Waals surface area contributed by atoms with Crippen molar-refractivity contribution in [2.24, 2.45) is 0 Å². The van der Waals surface area contributed by atoms with Gasteiger partial charge in [-0.1, -0.05) is 12.1 Å². The number of nitrogens with one attached hydrogen (secondary N) is 1. The number of likely N-dealkylation sites (tertiary alicyclic amines) is 1. The van der Waals surface area contributed by atoms with Gasteiger partial charge in [-0.3, -0.25) is 0 Å². The number of anilines is 1. The van der Waals surface area contributed by atoms with Crippen LogP contribution in [0.5, 0.6) is 0 Å². The Balaban J connectivity index is 1.77. The molecular formula is C18H20F4N4. The van der Waals surface area contributed by atoms with Crippen LogP contribution in [-0.4, -0.2) is 47.4 Å². The molecule has 1 saturated heterocycles. The van der Waals surface area contributed by atoms with Crippen molar-refractivity contribution in [2.75, 3.05) is 25.5 Å². The molecule has 0 saturated carbocycles. The number of hydrogen-bond donors (Lipinski definition) is 1. The van der Waals surface area contributed by atoms with Crippen molar-refractivity contribution >= 4 is 5.82 Å². The Morgan fingerprint density at radius 2 is 1.85 bits per heavy atom. The highest BCUT2D eigenvalue weighted by atomic mass is 19.4. The lowest BCUT2D eigenvalue weighted by molar-refractivity contribution is -0.137. The summed E-state index contributed by atoms with van der Waals surface area (Å²) in [5.74, 6) is 0.489.